The Morgan fingerprint density at radius 2 is 2.50 bits per heavy atom. The van der Waals surface area contributed by atoms with Crippen LogP contribution in [0.3, 0.4) is 0 Å². The zero-order valence-corrected chi connectivity index (χ0v) is 9.13. The van der Waals surface area contributed by atoms with E-state index in [0.717, 1.165) is 31.8 Å². The van der Waals surface area contributed by atoms with Crippen LogP contribution in [0.25, 0.3) is 0 Å². The van der Waals surface area contributed by atoms with Gasteiger partial charge in [0, 0.05) is 1.43 Å². The standard InChI is InChI=1S/C13H21N.H2/c1-3-4-9-14-10-8-13-7-5-6-12(2)11-13;/h3,5,7,11-12,14H,1,4,6,8-10H2,2H3;1H. The van der Waals surface area contributed by atoms with Crippen LogP contribution in [0.2, 0.25) is 0 Å². The maximum absolute atomic E-state index is 3.70. The summed E-state index contributed by atoms with van der Waals surface area (Å²) in [5.74, 6) is 0.725. The molecule has 1 nitrogen and oxygen atoms in total. The van der Waals surface area contributed by atoms with Gasteiger partial charge in [-0.1, -0.05) is 36.8 Å². The van der Waals surface area contributed by atoms with E-state index in [-0.39, 0.29) is 1.43 Å². The number of nitrogens with one attached hydrogen (secondary N) is 1. The van der Waals surface area contributed by atoms with E-state index in [2.05, 4.69) is 37.0 Å². The second-order valence-electron chi connectivity index (χ2n) is 3.93. The highest BCUT2D eigenvalue weighted by Crippen LogP contribution is 2.17. The minimum atomic E-state index is 0. The van der Waals surface area contributed by atoms with E-state index >= 15 is 0 Å². The monoisotopic (exact) mass is 193 g/mol. The molecule has 1 rings (SSSR count). The molecule has 0 saturated heterocycles. The summed E-state index contributed by atoms with van der Waals surface area (Å²) < 4.78 is 0. The number of allylic oxidation sites excluding steroid dienone is 3. The highest BCUT2D eigenvalue weighted by molar-refractivity contribution is 5.23. The molecule has 0 aromatic rings. The third-order valence-corrected chi connectivity index (χ3v) is 2.45. The summed E-state index contributed by atoms with van der Waals surface area (Å²) in [6.07, 6.45) is 12.3. The van der Waals surface area contributed by atoms with Gasteiger partial charge in [0.25, 0.3) is 0 Å². The maximum atomic E-state index is 3.70. The lowest BCUT2D eigenvalue weighted by atomic mass is 9.96. The summed E-state index contributed by atoms with van der Waals surface area (Å²) in [6, 6.07) is 0. The van der Waals surface area contributed by atoms with Crippen molar-refractivity contribution >= 4 is 0 Å². The van der Waals surface area contributed by atoms with Crippen molar-refractivity contribution in [2.45, 2.75) is 26.2 Å². The number of hydrogen-bond donors (Lipinski definition) is 1. The molecule has 0 aromatic heterocycles. The van der Waals surface area contributed by atoms with Crippen molar-refractivity contribution < 1.29 is 1.43 Å². The Morgan fingerprint density at radius 1 is 1.64 bits per heavy atom. The fourth-order valence-electron chi connectivity index (χ4n) is 1.65. The Hall–Kier alpha value is -0.820. The predicted octanol–water partition coefficient (Wildman–Crippen LogP) is 3.31. The largest absolute Gasteiger partial charge is 0.316 e. The van der Waals surface area contributed by atoms with Crippen LogP contribution in [0.1, 0.15) is 27.6 Å². The third-order valence-electron chi connectivity index (χ3n) is 2.45. The first kappa shape index (κ1) is 11.3. The minimum absolute atomic E-state index is 0. The molecule has 1 heteroatoms. The molecule has 1 N–H and O–H groups in total. The topological polar surface area (TPSA) is 12.0 Å². The SMILES string of the molecule is C=CCCNCCC1=CC(C)CC=C1.[HH]. The number of rotatable bonds is 6. The zero-order valence-electron chi connectivity index (χ0n) is 9.13. The van der Waals surface area contributed by atoms with Crippen LogP contribution in [-0.2, 0) is 0 Å². The van der Waals surface area contributed by atoms with Gasteiger partial charge >= 0.3 is 0 Å². The van der Waals surface area contributed by atoms with Crippen LogP contribution in [0.15, 0.2) is 36.5 Å². The normalized spacial score (nSPS) is 20.6. The van der Waals surface area contributed by atoms with Crippen LogP contribution >= 0.6 is 0 Å². The molecule has 0 heterocycles. The summed E-state index contributed by atoms with van der Waals surface area (Å²) in [5.41, 5.74) is 1.48. The molecule has 1 atom stereocenters. The lowest BCUT2D eigenvalue weighted by Gasteiger charge is -2.12. The van der Waals surface area contributed by atoms with E-state index in [1.165, 1.54) is 12.0 Å². The number of hydrogen-bond acceptors (Lipinski definition) is 1. The lowest BCUT2D eigenvalue weighted by Crippen LogP contribution is -2.16. The smallest absolute Gasteiger partial charge is 0 e. The van der Waals surface area contributed by atoms with Gasteiger partial charge in [-0.15, -0.1) is 6.58 Å². The molecule has 0 spiro atoms. The summed E-state index contributed by atoms with van der Waals surface area (Å²) in [5, 5.41) is 3.40. The van der Waals surface area contributed by atoms with E-state index in [9.17, 15) is 0 Å². The van der Waals surface area contributed by atoms with Gasteiger partial charge in [-0.3, -0.25) is 0 Å². The van der Waals surface area contributed by atoms with Crippen molar-refractivity contribution in [3.05, 3.63) is 36.5 Å². The first-order valence-corrected chi connectivity index (χ1v) is 5.52. The fourth-order valence-corrected chi connectivity index (χ4v) is 1.65. The van der Waals surface area contributed by atoms with Gasteiger partial charge < -0.3 is 5.32 Å². The van der Waals surface area contributed by atoms with Gasteiger partial charge in [0.05, 0.1) is 0 Å². The van der Waals surface area contributed by atoms with Crippen molar-refractivity contribution in [2.75, 3.05) is 13.1 Å². The van der Waals surface area contributed by atoms with Crippen LogP contribution in [-0.4, -0.2) is 13.1 Å². The Kier molecular flexibility index (Phi) is 5.31. The molecule has 1 unspecified atom stereocenters. The van der Waals surface area contributed by atoms with Crippen LogP contribution in [0, 0.1) is 5.92 Å². The Balaban J connectivity index is 0.00000196. The molecule has 0 bridgehead atoms. The third kappa shape index (κ3) is 4.43. The predicted molar refractivity (Wildman–Crippen MR) is 65.4 cm³/mol. The molecular weight excluding hydrogens is 170 g/mol. The van der Waals surface area contributed by atoms with Gasteiger partial charge in [-0.25, -0.2) is 0 Å². The van der Waals surface area contributed by atoms with Crippen molar-refractivity contribution in [1.82, 2.24) is 5.32 Å². The Bertz CT molecular complexity index is 231. The molecule has 0 fully saturated rings. The molecule has 0 radical (unpaired) electrons. The first-order valence-electron chi connectivity index (χ1n) is 5.52. The van der Waals surface area contributed by atoms with E-state index in [1.54, 1.807) is 0 Å². The zero-order chi connectivity index (χ0) is 10.2. The van der Waals surface area contributed by atoms with Gasteiger partial charge in [0.1, 0.15) is 0 Å². The fraction of sp³-hybridized carbons (Fsp3) is 0.538. The molecule has 0 amide bonds. The summed E-state index contributed by atoms with van der Waals surface area (Å²) in [7, 11) is 0. The second-order valence-corrected chi connectivity index (χ2v) is 3.93. The molecule has 0 aromatic carbocycles. The molecule has 1 aliphatic carbocycles. The Morgan fingerprint density at radius 3 is 3.21 bits per heavy atom. The molecule has 0 saturated carbocycles. The molecule has 1 aliphatic rings. The maximum Gasteiger partial charge on any atom is 0 e. The van der Waals surface area contributed by atoms with E-state index < -0.39 is 0 Å². The highest BCUT2D eigenvalue weighted by Gasteiger charge is 2.02. The van der Waals surface area contributed by atoms with Crippen LogP contribution in [0.5, 0.6) is 0 Å². The summed E-state index contributed by atoms with van der Waals surface area (Å²) in [4.78, 5) is 0. The van der Waals surface area contributed by atoms with Crippen molar-refractivity contribution in [2.24, 2.45) is 5.92 Å². The van der Waals surface area contributed by atoms with Crippen molar-refractivity contribution in [1.29, 1.82) is 0 Å². The van der Waals surface area contributed by atoms with E-state index in [1.807, 2.05) is 6.08 Å². The van der Waals surface area contributed by atoms with Crippen LogP contribution in [0.4, 0.5) is 0 Å². The molecule has 80 valence electrons. The lowest BCUT2D eigenvalue weighted by molar-refractivity contribution is 0.674. The average molecular weight is 193 g/mol. The quantitative estimate of drug-likeness (QED) is 0.504. The Labute approximate surface area is 89.1 Å². The average Bonchev–Trinajstić information content (AvgIpc) is 2.18. The van der Waals surface area contributed by atoms with Gasteiger partial charge in [-0.2, -0.15) is 0 Å². The molecule has 0 aliphatic heterocycles. The summed E-state index contributed by atoms with van der Waals surface area (Å²) in [6.45, 7) is 8.10. The minimum Gasteiger partial charge on any atom is -0.316 e. The summed E-state index contributed by atoms with van der Waals surface area (Å²) >= 11 is 0. The van der Waals surface area contributed by atoms with Gasteiger partial charge in [0.15, 0.2) is 0 Å². The van der Waals surface area contributed by atoms with Gasteiger partial charge in [-0.05, 0) is 38.3 Å². The van der Waals surface area contributed by atoms with E-state index in [0.29, 0.717) is 0 Å². The molecular formula is C13H23N. The second kappa shape index (κ2) is 6.61. The van der Waals surface area contributed by atoms with Crippen LogP contribution < -0.4 is 5.32 Å². The van der Waals surface area contributed by atoms with E-state index in [4.69, 9.17) is 0 Å². The van der Waals surface area contributed by atoms with Crippen molar-refractivity contribution in [3.63, 3.8) is 0 Å². The van der Waals surface area contributed by atoms with Crippen molar-refractivity contribution in [3.8, 4) is 0 Å². The van der Waals surface area contributed by atoms with Gasteiger partial charge in [0.2, 0.25) is 0 Å². The molecule has 14 heavy (non-hydrogen) atoms. The highest BCUT2D eigenvalue weighted by atomic mass is 14.8. The first-order chi connectivity index (χ1) is 6.83.